The van der Waals surface area contributed by atoms with Crippen molar-refractivity contribution in [1.82, 2.24) is 9.13 Å². The minimum Gasteiger partial charge on any atom is -0.465 e. The van der Waals surface area contributed by atoms with Gasteiger partial charge in [0.1, 0.15) is 0 Å². The molecule has 2 unspecified atom stereocenters. The van der Waals surface area contributed by atoms with Gasteiger partial charge in [-0.2, -0.15) is 0 Å². The lowest BCUT2D eigenvalue weighted by atomic mass is 9.75. The third-order valence-corrected chi connectivity index (χ3v) is 6.82. The SMILES string of the molecule is C=C1CC2COC(=O)C2(Cc2ccc3c(c2)c(=O)n(Cc2ccccc2)c(=O)n3C)C1. The molecule has 1 saturated heterocycles. The van der Waals surface area contributed by atoms with E-state index in [1.54, 1.807) is 13.1 Å². The number of cyclic esters (lactones) is 1. The summed E-state index contributed by atoms with van der Waals surface area (Å²) in [5.74, 6) is -0.0312. The van der Waals surface area contributed by atoms with Gasteiger partial charge < -0.3 is 4.74 Å². The molecular formula is C25H24N2O4. The highest BCUT2D eigenvalue weighted by Gasteiger charge is 2.55. The number of esters is 1. The zero-order valence-corrected chi connectivity index (χ0v) is 17.5. The number of allylic oxidation sites excluding steroid dienone is 1. The fourth-order valence-electron chi connectivity index (χ4n) is 5.21. The maximum absolute atomic E-state index is 13.3. The van der Waals surface area contributed by atoms with Crippen LogP contribution < -0.4 is 11.2 Å². The highest BCUT2D eigenvalue weighted by atomic mass is 16.5. The van der Waals surface area contributed by atoms with E-state index in [0.717, 1.165) is 23.1 Å². The Morgan fingerprint density at radius 2 is 1.87 bits per heavy atom. The molecule has 2 atom stereocenters. The fraction of sp³-hybridized carbons (Fsp3) is 0.320. The number of rotatable bonds is 4. The van der Waals surface area contributed by atoms with Crippen LogP contribution in [0, 0.1) is 11.3 Å². The van der Waals surface area contributed by atoms with E-state index in [2.05, 4.69) is 6.58 Å². The van der Waals surface area contributed by atoms with Gasteiger partial charge in [0.05, 0.1) is 29.5 Å². The molecule has 2 heterocycles. The number of fused-ring (bicyclic) bond motifs is 2. The number of carbonyl (C=O) groups is 1. The molecule has 5 rings (SSSR count). The van der Waals surface area contributed by atoms with Gasteiger partial charge in [0.15, 0.2) is 0 Å². The summed E-state index contributed by atoms with van der Waals surface area (Å²) in [6, 6.07) is 15.0. The Kier molecular flexibility index (Phi) is 4.46. The quantitative estimate of drug-likeness (QED) is 0.484. The summed E-state index contributed by atoms with van der Waals surface area (Å²) in [4.78, 5) is 38.8. The van der Waals surface area contributed by atoms with Crippen molar-refractivity contribution in [3.05, 3.63) is 92.6 Å². The molecule has 0 radical (unpaired) electrons. The molecule has 1 saturated carbocycles. The predicted octanol–water partition coefficient (Wildman–Crippen LogP) is 2.80. The smallest absolute Gasteiger partial charge is 0.331 e. The molecule has 6 heteroatoms. The molecule has 0 spiro atoms. The number of hydrogen-bond acceptors (Lipinski definition) is 4. The van der Waals surface area contributed by atoms with E-state index in [-0.39, 0.29) is 29.7 Å². The Morgan fingerprint density at radius 3 is 2.65 bits per heavy atom. The largest absolute Gasteiger partial charge is 0.465 e. The first-order valence-corrected chi connectivity index (χ1v) is 10.5. The lowest BCUT2D eigenvalue weighted by Crippen LogP contribution is -2.39. The number of carbonyl (C=O) groups excluding carboxylic acids is 1. The van der Waals surface area contributed by atoms with Gasteiger partial charge >= 0.3 is 11.7 Å². The Balaban J connectivity index is 1.60. The van der Waals surface area contributed by atoms with Crippen LogP contribution in [0.2, 0.25) is 0 Å². The highest BCUT2D eigenvalue weighted by Crippen LogP contribution is 2.52. The Hall–Kier alpha value is -3.41. The standard InChI is InChI=1S/C25H24N2O4/c1-16-10-19-15-31-23(29)25(19,12-16)13-18-8-9-21-20(11-18)22(28)27(24(30)26(21)2)14-17-6-4-3-5-7-17/h3-9,11,19H,1,10,12-15H2,2H3. The van der Waals surface area contributed by atoms with Crippen molar-refractivity contribution in [1.29, 1.82) is 0 Å². The Labute approximate surface area is 179 Å². The van der Waals surface area contributed by atoms with E-state index >= 15 is 0 Å². The molecule has 0 bridgehead atoms. The van der Waals surface area contributed by atoms with Gasteiger partial charge in [-0.05, 0) is 42.5 Å². The zero-order chi connectivity index (χ0) is 21.8. The van der Waals surface area contributed by atoms with E-state index in [9.17, 15) is 14.4 Å². The van der Waals surface area contributed by atoms with Crippen molar-refractivity contribution in [2.75, 3.05) is 6.61 Å². The number of nitrogens with zero attached hydrogens (tertiary/aromatic N) is 2. The lowest BCUT2D eigenvalue weighted by Gasteiger charge is -2.24. The number of ether oxygens (including phenoxy) is 1. The molecule has 6 nitrogen and oxygen atoms in total. The van der Waals surface area contributed by atoms with Crippen LogP contribution in [0.15, 0.2) is 70.3 Å². The van der Waals surface area contributed by atoms with Gasteiger partial charge in [-0.3, -0.25) is 18.7 Å². The van der Waals surface area contributed by atoms with Crippen molar-refractivity contribution in [2.24, 2.45) is 18.4 Å². The number of benzene rings is 2. The van der Waals surface area contributed by atoms with E-state index in [4.69, 9.17) is 4.74 Å². The van der Waals surface area contributed by atoms with Crippen LogP contribution in [0.5, 0.6) is 0 Å². The van der Waals surface area contributed by atoms with Gasteiger partial charge in [-0.25, -0.2) is 4.79 Å². The van der Waals surface area contributed by atoms with Crippen molar-refractivity contribution in [2.45, 2.75) is 25.8 Å². The van der Waals surface area contributed by atoms with Crippen LogP contribution in [0.3, 0.4) is 0 Å². The summed E-state index contributed by atoms with van der Waals surface area (Å²) in [5.41, 5.74) is 2.19. The van der Waals surface area contributed by atoms with Gasteiger partial charge in [-0.15, -0.1) is 0 Å². The third kappa shape index (κ3) is 3.05. The first kappa shape index (κ1) is 19.5. The molecule has 2 fully saturated rings. The van der Waals surface area contributed by atoms with Crippen molar-refractivity contribution < 1.29 is 9.53 Å². The lowest BCUT2D eigenvalue weighted by molar-refractivity contribution is -0.146. The first-order chi connectivity index (χ1) is 14.9. The predicted molar refractivity (Wildman–Crippen MR) is 118 cm³/mol. The van der Waals surface area contributed by atoms with Crippen molar-refractivity contribution in [3.8, 4) is 0 Å². The molecule has 1 aromatic heterocycles. The second-order valence-corrected chi connectivity index (χ2v) is 8.83. The van der Waals surface area contributed by atoms with Gasteiger partial charge in [-0.1, -0.05) is 48.6 Å². The number of hydrogen-bond donors (Lipinski definition) is 0. The van der Waals surface area contributed by atoms with Crippen LogP contribution in [0.1, 0.15) is 24.0 Å². The molecule has 1 aliphatic carbocycles. The van der Waals surface area contributed by atoms with Gasteiger partial charge in [0, 0.05) is 13.0 Å². The molecule has 0 amide bonds. The fourth-order valence-corrected chi connectivity index (χ4v) is 5.21. The number of aryl methyl sites for hydroxylation is 1. The Bertz CT molecular complexity index is 1340. The maximum atomic E-state index is 13.3. The van der Waals surface area contributed by atoms with E-state index in [0.29, 0.717) is 30.4 Å². The topological polar surface area (TPSA) is 70.3 Å². The molecule has 3 aromatic rings. The molecule has 158 valence electrons. The van der Waals surface area contributed by atoms with Crippen LogP contribution in [0.4, 0.5) is 0 Å². The normalized spacial score (nSPS) is 22.7. The summed E-state index contributed by atoms with van der Waals surface area (Å²) in [6.45, 7) is 4.74. The third-order valence-electron chi connectivity index (χ3n) is 6.82. The summed E-state index contributed by atoms with van der Waals surface area (Å²) in [6.07, 6.45) is 1.93. The number of aromatic nitrogens is 2. The first-order valence-electron chi connectivity index (χ1n) is 10.5. The minimum atomic E-state index is -0.589. The van der Waals surface area contributed by atoms with E-state index in [1.165, 1.54) is 9.13 Å². The summed E-state index contributed by atoms with van der Waals surface area (Å²) in [7, 11) is 1.68. The molecule has 31 heavy (non-hydrogen) atoms. The van der Waals surface area contributed by atoms with E-state index in [1.807, 2.05) is 42.5 Å². The summed E-state index contributed by atoms with van der Waals surface area (Å²) >= 11 is 0. The zero-order valence-electron chi connectivity index (χ0n) is 17.5. The van der Waals surface area contributed by atoms with Crippen LogP contribution in [-0.2, 0) is 29.5 Å². The van der Waals surface area contributed by atoms with Gasteiger partial charge in [0.2, 0.25) is 0 Å². The average molecular weight is 416 g/mol. The van der Waals surface area contributed by atoms with Crippen LogP contribution in [-0.4, -0.2) is 21.7 Å². The van der Waals surface area contributed by atoms with Crippen LogP contribution in [0.25, 0.3) is 10.9 Å². The second kappa shape index (κ2) is 7.08. The van der Waals surface area contributed by atoms with Crippen molar-refractivity contribution >= 4 is 16.9 Å². The average Bonchev–Trinajstić information content (AvgIpc) is 3.24. The monoisotopic (exact) mass is 416 g/mol. The van der Waals surface area contributed by atoms with E-state index < -0.39 is 5.41 Å². The molecule has 2 aromatic carbocycles. The molecule has 0 N–H and O–H groups in total. The second-order valence-electron chi connectivity index (χ2n) is 8.83. The summed E-state index contributed by atoms with van der Waals surface area (Å²) in [5, 5.41) is 0.478. The molecule has 1 aliphatic heterocycles. The minimum absolute atomic E-state index is 0.137. The highest BCUT2D eigenvalue weighted by molar-refractivity contribution is 5.82. The van der Waals surface area contributed by atoms with Crippen molar-refractivity contribution in [3.63, 3.8) is 0 Å². The maximum Gasteiger partial charge on any atom is 0.331 e. The van der Waals surface area contributed by atoms with Crippen LogP contribution >= 0.6 is 0 Å². The Morgan fingerprint density at radius 1 is 1.10 bits per heavy atom. The molecule has 2 aliphatic rings. The summed E-state index contributed by atoms with van der Waals surface area (Å²) < 4.78 is 8.16. The van der Waals surface area contributed by atoms with Gasteiger partial charge in [0.25, 0.3) is 5.56 Å². The molecular weight excluding hydrogens is 392 g/mol.